The van der Waals surface area contributed by atoms with Gasteiger partial charge in [0.1, 0.15) is 12.1 Å². The van der Waals surface area contributed by atoms with Gasteiger partial charge < -0.3 is 9.42 Å². The largest absolute Gasteiger partial charge is 0.354 e. The molecule has 1 saturated carbocycles. The standard InChI is InChI=1S/C19H18N6OS/c1-2-4-14-13(3-1)17(24-7-9-27-10-8-24)22-18-15(20-11-25(14)18)16-21-19(26-23-16)12-5-6-12/h1-4,11-12H,5-10H2. The Morgan fingerprint density at radius 3 is 2.78 bits per heavy atom. The normalized spacial score (nSPS) is 17.9. The van der Waals surface area contributed by atoms with Gasteiger partial charge in [-0.25, -0.2) is 9.97 Å². The van der Waals surface area contributed by atoms with Crippen molar-refractivity contribution in [3.05, 3.63) is 36.5 Å². The van der Waals surface area contributed by atoms with Crippen molar-refractivity contribution in [3.8, 4) is 11.5 Å². The molecule has 7 nitrogen and oxygen atoms in total. The summed E-state index contributed by atoms with van der Waals surface area (Å²) in [6, 6.07) is 8.37. The summed E-state index contributed by atoms with van der Waals surface area (Å²) in [7, 11) is 0. The van der Waals surface area contributed by atoms with Crippen LogP contribution in [0.5, 0.6) is 0 Å². The van der Waals surface area contributed by atoms with E-state index in [1.807, 2.05) is 22.5 Å². The molecule has 1 aliphatic carbocycles. The van der Waals surface area contributed by atoms with Gasteiger partial charge in [-0.3, -0.25) is 4.40 Å². The molecular formula is C19H18N6OS. The van der Waals surface area contributed by atoms with E-state index in [0.29, 0.717) is 17.4 Å². The summed E-state index contributed by atoms with van der Waals surface area (Å²) in [5, 5.41) is 5.32. The lowest BCUT2D eigenvalue weighted by Crippen LogP contribution is -2.33. The first kappa shape index (κ1) is 15.4. The number of anilines is 1. The zero-order valence-electron chi connectivity index (χ0n) is 14.7. The fraction of sp³-hybridized carbons (Fsp3) is 0.368. The maximum absolute atomic E-state index is 5.44. The highest BCUT2D eigenvalue weighted by Crippen LogP contribution is 2.40. The van der Waals surface area contributed by atoms with Crippen molar-refractivity contribution in [2.45, 2.75) is 18.8 Å². The summed E-state index contributed by atoms with van der Waals surface area (Å²) in [5.41, 5.74) is 2.56. The first-order valence-corrected chi connectivity index (χ1v) is 10.5. The molecule has 6 rings (SSSR count). The average molecular weight is 378 g/mol. The maximum Gasteiger partial charge on any atom is 0.230 e. The number of benzene rings is 1. The van der Waals surface area contributed by atoms with Gasteiger partial charge in [0.05, 0.1) is 5.52 Å². The highest BCUT2D eigenvalue weighted by Gasteiger charge is 2.30. The number of aromatic nitrogens is 5. The van der Waals surface area contributed by atoms with Crippen LogP contribution in [-0.4, -0.2) is 49.1 Å². The minimum Gasteiger partial charge on any atom is -0.354 e. The molecule has 1 aliphatic heterocycles. The van der Waals surface area contributed by atoms with Crippen molar-refractivity contribution in [1.82, 2.24) is 24.5 Å². The molecule has 2 fully saturated rings. The third kappa shape index (κ3) is 2.50. The van der Waals surface area contributed by atoms with Crippen LogP contribution in [0.2, 0.25) is 0 Å². The predicted molar refractivity (Wildman–Crippen MR) is 105 cm³/mol. The molecule has 8 heteroatoms. The predicted octanol–water partition coefficient (Wildman–Crippen LogP) is 3.36. The van der Waals surface area contributed by atoms with Crippen molar-refractivity contribution in [2.75, 3.05) is 29.5 Å². The molecule has 4 aromatic rings. The summed E-state index contributed by atoms with van der Waals surface area (Å²) < 4.78 is 7.47. The molecule has 3 aromatic heterocycles. The molecule has 136 valence electrons. The second kappa shape index (κ2) is 5.95. The lowest BCUT2D eigenvalue weighted by atomic mass is 10.2. The summed E-state index contributed by atoms with van der Waals surface area (Å²) in [6.45, 7) is 2.02. The number of hydrogen-bond acceptors (Lipinski definition) is 7. The Morgan fingerprint density at radius 1 is 1.07 bits per heavy atom. The number of nitrogens with zero attached hydrogens (tertiary/aromatic N) is 6. The van der Waals surface area contributed by atoms with E-state index in [1.165, 1.54) is 0 Å². The van der Waals surface area contributed by atoms with Crippen LogP contribution >= 0.6 is 11.8 Å². The van der Waals surface area contributed by atoms with Crippen molar-refractivity contribution in [2.24, 2.45) is 0 Å². The Kier molecular flexibility index (Phi) is 3.40. The fourth-order valence-corrected chi connectivity index (χ4v) is 4.56. The van der Waals surface area contributed by atoms with Crippen LogP contribution in [0.15, 0.2) is 35.1 Å². The number of imidazole rings is 1. The molecular weight excluding hydrogens is 360 g/mol. The van der Waals surface area contributed by atoms with Gasteiger partial charge >= 0.3 is 0 Å². The molecule has 0 N–H and O–H groups in total. The van der Waals surface area contributed by atoms with E-state index in [2.05, 4.69) is 44.3 Å². The second-order valence-corrected chi connectivity index (χ2v) is 8.29. The fourth-order valence-electron chi connectivity index (χ4n) is 3.66. The maximum atomic E-state index is 5.44. The van der Waals surface area contributed by atoms with Gasteiger partial charge in [0.25, 0.3) is 0 Å². The molecule has 1 aromatic carbocycles. The van der Waals surface area contributed by atoms with Crippen LogP contribution in [0, 0.1) is 0 Å². The number of hydrogen-bond donors (Lipinski definition) is 0. The summed E-state index contributed by atoms with van der Waals surface area (Å²) in [6.07, 6.45) is 4.07. The van der Waals surface area contributed by atoms with Crippen LogP contribution in [-0.2, 0) is 0 Å². The third-order valence-corrected chi connectivity index (χ3v) is 6.19. The van der Waals surface area contributed by atoms with E-state index >= 15 is 0 Å². The highest BCUT2D eigenvalue weighted by atomic mass is 32.2. The quantitative estimate of drug-likeness (QED) is 0.541. The van der Waals surface area contributed by atoms with E-state index in [1.54, 1.807) is 0 Å². The van der Waals surface area contributed by atoms with Gasteiger partial charge in [0, 0.05) is 35.9 Å². The van der Waals surface area contributed by atoms with Gasteiger partial charge in [-0.05, 0) is 25.0 Å². The minimum atomic E-state index is 0.426. The molecule has 0 atom stereocenters. The number of para-hydroxylation sites is 1. The number of thioether (sulfide) groups is 1. The SMILES string of the molecule is c1ccc2c(c1)c(N1CCSCC1)nc1c(-c3noc(C4CC4)n3)ncn12. The summed E-state index contributed by atoms with van der Waals surface area (Å²) in [5.74, 6) is 4.95. The lowest BCUT2D eigenvalue weighted by Gasteiger charge is -2.28. The molecule has 1 saturated heterocycles. The van der Waals surface area contributed by atoms with E-state index in [-0.39, 0.29) is 0 Å². The number of rotatable bonds is 3. The molecule has 2 aliphatic rings. The first-order valence-electron chi connectivity index (χ1n) is 9.31. The molecule has 0 amide bonds. The zero-order valence-corrected chi connectivity index (χ0v) is 15.5. The van der Waals surface area contributed by atoms with Crippen molar-refractivity contribution < 1.29 is 4.52 Å². The highest BCUT2D eigenvalue weighted by molar-refractivity contribution is 7.99. The van der Waals surface area contributed by atoms with Crippen LogP contribution in [0.1, 0.15) is 24.7 Å². The van der Waals surface area contributed by atoms with Gasteiger partial charge in [-0.1, -0.05) is 17.3 Å². The smallest absolute Gasteiger partial charge is 0.230 e. The Bertz CT molecular complexity index is 1140. The van der Waals surface area contributed by atoms with Crippen LogP contribution in [0.3, 0.4) is 0 Å². The average Bonchev–Trinajstić information content (AvgIpc) is 3.30. The van der Waals surface area contributed by atoms with E-state index in [0.717, 1.165) is 65.7 Å². The molecule has 0 radical (unpaired) electrons. The number of fused-ring (bicyclic) bond motifs is 3. The third-order valence-electron chi connectivity index (χ3n) is 5.25. The van der Waals surface area contributed by atoms with Gasteiger partial charge in [-0.2, -0.15) is 16.7 Å². The Labute approximate surface area is 159 Å². The molecule has 0 bridgehead atoms. The minimum absolute atomic E-state index is 0.426. The van der Waals surface area contributed by atoms with E-state index < -0.39 is 0 Å². The van der Waals surface area contributed by atoms with Crippen LogP contribution < -0.4 is 4.90 Å². The van der Waals surface area contributed by atoms with Crippen molar-refractivity contribution in [3.63, 3.8) is 0 Å². The Morgan fingerprint density at radius 2 is 1.93 bits per heavy atom. The van der Waals surface area contributed by atoms with Crippen molar-refractivity contribution in [1.29, 1.82) is 0 Å². The summed E-state index contributed by atoms with van der Waals surface area (Å²) >= 11 is 2.00. The molecule has 27 heavy (non-hydrogen) atoms. The van der Waals surface area contributed by atoms with Gasteiger partial charge in [0.2, 0.25) is 11.7 Å². The Balaban J connectivity index is 1.56. The second-order valence-electron chi connectivity index (χ2n) is 7.07. The van der Waals surface area contributed by atoms with Crippen LogP contribution in [0.4, 0.5) is 5.82 Å². The Hall–Kier alpha value is -2.61. The van der Waals surface area contributed by atoms with Crippen LogP contribution in [0.25, 0.3) is 28.1 Å². The monoisotopic (exact) mass is 378 g/mol. The van der Waals surface area contributed by atoms with E-state index in [4.69, 9.17) is 9.51 Å². The zero-order chi connectivity index (χ0) is 17.8. The molecule has 0 unspecified atom stereocenters. The summed E-state index contributed by atoms with van der Waals surface area (Å²) in [4.78, 5) is 16.6. The lowest BCUT2D eigenvalue weighted by molar-refractivity contribution is 0.380. The van der Waals surface area contributed by atoms with Gasteiger partial charge in [0.15, 0.2) is 11.3 Å². The van der Waals surface area contributed by atoms with Crippen molar-refractivity contribution >= 4 is 34.1 Å². The van der Waals surface area contributed by atoms with E-state index in [9.17, 15) is 0 Å². The molecule has 0 spiro atoms. The van der Waals surface area contributed by atoms with Gasteiger partial charge in [-0.15, -0.1) is 0 Å². The molecule has 4 heterocycles. The first-order chi connectivity index (χ1) is 13.4. The topological polar surface area (TPSA) is 72.3 Å².